The minimum atomic E-state index is -3.63. The first-order chi connectivity index (χ1) is 11.0. The Balaban J connectivity index is 1.75. The first-order valence-electron chi connectivity index (χ1n) is 6.89. The highest BCUT2D eigenvalue weighted by Gasteiger charge is 2.18. The summed E-state index contributed by atoms with van der Waals surface area (Å²) in [5.41, 5.74) is 1.71. The van der Waals surface area contributed by atoms with Crippen molar-refractivity contribution >= 4 is 21.4 Å². The number of aromatic nitrogens is 2. The summed E-state index contributed by atoms with van der Waals surface area (Å²) >= 11 is 1.48. The van der Waals surface area contributed by atoms with E-state index in [0.29, 0.717) is 11.5 Å². The zero-order chi connectivity index (χ0) is 16.4. The second kappa shape index (κ2) is 6.23. The maximum atomic E-state index is 12.4. The predicted octanol–water partition coefficient (Wildman–Crippen LogP) is 2.89. The second-order valence-electron chi connectivity index (χ2n) is 5.07. The molecule has 0 bridgehead atoms. The number of thiophene rings is 1. The van der Waals surface area contributed by atoms with E-state index in [1.165, 1.54) is 11.3 Å². The van der Waals surface area contributed by atoms with Crippen LogP contribution in [-0.2, 0) is 16.6 Å². The number of sulfonamides is 1. The van der Waals surface area contributed by atoms with Gasteiger partial charge in [0.25, 0.3) is 5.89 Å². The quantitative estimate of drug-likeness (QED) is 0.765. The Labute approximate surface area is 138 Å². The third kappa shape index (κ3) is 3.49. The fourth-order valence-corrected chi connectivity index (χ4v) is 4.00. The summed E-state index contributed by atoms with van der Waals surface area (Å²) in [4.78, 5) is 1.10. The molecule has 0 fully saturated rings. The smallest absolute Gasteiger partial charge is 0.257 e. The Kier molecular flexibility index (Phi) is 4.29. The minimum Gasteiger partial charge on any atom is -0.418 e. The van der Waals surface area contributed by atoms with E-state index < -0.39 is 10.0 Å². The molecular formula is C15H15N3O3S2. The van der Waals surface area contributed by atoms with Crippen LogP contribution in [0.1, 0.15) is 17.0 Å². The summed E-state index contributed by atoms with van der Waals surface area (Å²) in [6.45, 7) is 3.64. The van der Waals surface area contributed by atoms with E-state index in [9.17, 15) is 8.42 Å². The molecule has 0 atom stereocenters. The number of hydrogen-bond donors (Lipinski definition) is 1. The number of rotatable bonds is 5. The molecular weight excluding hydrogens is 334 g/mol. The molecule has 0 amide bonds. The lowest BCUT2D eigenvalue weighted by atomic mass is 10.2. The lowest BCUT2D eigenvalue weighted by Crippen LogP contribution is -2.24. The van der Waals surface area contributed by atoms with Gasteiger partial charge in [-0.05, 0) is 36.9 Å². The maximum absolute atomic E-state index is 12.4. The van der Waals surface area contributed by atoms with E-state index in [4.69, 9.17) is 4.42 Å². The molecule has 6 nitrogen and oxygen atoms in total. The molecule has 1 aromatic carbocycles. The molecule has 0 unspecified atom stereocenters. The summed E-state index contributed by atoms with van der Waals surface area (Å²) < 4.78 is 32.7. The largest absolute Gasteiger partial charge is 0.418 e. The van der Waals surface area contributed by atoms with Crippen LogP contribution in [0.25, 0.3) is 10.8 Å². The Bertz CT molecular complexity index is 915. The van der Waals surface area contributed by atoms with Gasteiger partial charge >= 0.3 is 0 Å². The standard InChI is InChI=1S/C15H15N3O3S2/c1-10-5-6-13(11(2)8-10)23(19,20)16-9-14-17-18-15(21-14)12-4-3-7-22-12/h3-8,16H,9H2,1-2H3. The summed E-state index contributed by atoms with van der Waals surface area (Å²) in [5, 5.41) is 9.69. The van der Waals surface area contributed by atoms with Crippen molar-refractivity contribution < 1.29 is 12.8 Å². The zero-order valence-corrected chi connectivity index (χ0v) is 14.2. The van der Waals surface area contributed by atoms with Gasteiger partial charge in [0.1, 0.15) is 0 Å². The average molecular weight is 349 g/mol. The summed E-state index contributed by atoms with van der Waals surface area (Å²) in [6, 6.07) is 8.94. The van der Waals surface area contributed by atoms with Crippen molar-refractivity contribution in [1.29, 1.82) is 0 Å². The Hall–Kier alpha value is -2.03. The molecule has 120 valence electrons. The fraction of sp³-hybridized carbons (Fsp3) is 0.200. The van der Waals surface area contributed by atoms with Crippen LogP contribution in [0, 0.1) is 13.8 Å². The molecule has 0 saturated carbocycles. The van der Waals surface area contributed by atoms with Gasteiger partial charge in [0.05, 0.1) is 16.3 Å². The van der Waals surface area contributed by atoms with Gasteiger partial charge in [0.15, 0.2) is 0 Å². The molecule has 3 aromatic rings. The zero-order valence-electron chi connectivity index (χ0n) is 12.6. The van der Waals surface area contributed by atoms with E-state index in [1.54, 1.807) is 19.1 Å². The van der Waals surface area contributed by atoms with Gasteiger partial charge in [-0.15, -0.1) is 21.5 Å². The monoisotopic (exact) mass is 349 g/mol. The summed E-state index contributed by atoms with van der Waals surface area (Å²) in [6.07, 6.45) is 0. The average Bonchev–Trinajstić information content (AvgIpc) is 3.16. The molecule has 0 spiro atoms. The first-order valence-corrected chi connectivity index (χ1v) is 9.25. The van der Waals surface area contributed by atoms with Gasteiger partial charge in [0, 0.05) is 0 Å². The SMILES string of the molecule is Cc1ccc(S(=O)(=O)NCc2nnc(-c3cccs3)o2)c(C)c1. The highest BCUT2D eigenvalue weighted by atomic mass is 32.2. The van der Waals surface area contributed by atoms with Crippen molar-refractivity contribution in [2.24, 2.45) is 0 Å². The number of hydrogen-bond acceptors (Lipinski definition) is 6. The van der Waals surface area contributed by atoms with Crippen molar-refractivity contribution in [2.75, 3.05) is 0 Å². The summed E-state index contributed by atoms with van der Waals surface area (Å²) in [7, 11) is -3.63. The summed E-state index contributed by atoms with van der Waals surface area (Å²) in [5.74, 6) is 0.613. The molecule has 3 rings (SSSR count). The van der Waals surface area contributed by atoms with E-state index in [1.807, 2.05) is 30.5 Å². The molecule has 0 aliphatic heterocycles. The van der Waals surface area contributed by atoms with E-state index in [2.05, 4.69) is 14.9 Å². The van der Waals surface area contributed by atoms with E-state index in [0.717, 1.165) is 10.4 Å². The van der Waals surface area contributed by atoms with Crippen LogP contribution < -0.4 is 4.72 Å². The topological polar surface area (TPSA) is 85.1 Å². The molecule has 23 heavy (non-hydrogen) atoms. The second-order valence-corrected chi connectivity index (χ2v) is 7.75. The van der Waals surface area contributed by atoms with Gasteiger partial charge in [-0.2, -0.15) is 0 Å². The van der Waals surface area contributed by atoms with Crippen LogP contribution in [0.4, 0.5) is 0 Å². The van der Waals surface area contributed by atoms with Crippen LogP contribution in [0.3, 0.4) is 0 Å². The molecule has 0 aliphatic rings. The number of nitrogens with one attached hydrogen (secondary N) is 1. The van der Waals surface area contributed by atoms with Gasteiger partial charge in [-0.1, -0.05) is 23.8 Å². The highest BCUT2D eigenvalue weighted by Crippen LogP contribution is 2.23. The molecule has 1 N–H and O–H groups in total. The Morgan fingerprint density at radius 3 is 2.74 bits per heavy atom. The molecule has 2 heterocycles. The molecule has 0 aliphatic carbocycles. The van der Waals surface area contributed by atoms with Crippen molar-refractivity contribution in [2.45, 2.75) is 25.3 Å². The van der Waals surface area contributed by atoms with Gasteiger partial charge in [-0.25, -0.2) is 13.1 Å². The fourth-order valence-electron chi connectivity index (χ4n) is 2.16. The maximum Gasteiger partial charge on any atom is 0.257 e. The first kappa shape index (κ1) is 15.9. The molecule has 0 saturated heterocycles. The van der Waals surface area contributed by atoms with E-state index >= 15 is 0 Å². The van der Waals surface area contributed by atoms with Crippen molar-refractivity contribution in [3.05, 3.63) is 52.7 Å². The van der Waals surface area contributed by atoms with Gasteiger partial charge in [-0.3, -0.25) is 0 Å². The van der Waals surface area contributed by atoms with Crippen molar-refractivity contribution in [1.82, 2.24) is 14.9 Å². The Morgan fingerprint density at radius 1 is 1.22 bits per heavy atom. The van der Waals surface area contributed by atoms with Crippen LogP contribution in [0.2, 0.25) is 0 Å². The third-order valence-electron chi connectivity index (χ3n) is 3.23. The Morgan fingerprint density at radius 2 is 2.04 bits per heavy atom. The number of aryl methyl sites for hydroxylation is 2. The highest BCUT2D eigenvalue weighted by molar-refractivity contribution is 7.89. The van der Waals surface area contributed by atoms with Gasteiger partial charge in [0.2, 0.25) is 15.9 Å². The lowest BCUT2D eigenvalue weighted by Gasteiger charge is -2.08. The number of benzene rings is 1. The normalized spacial score (nSPS) is 11.7. The predicted molar refractivity (Wildman–Crippen MR) is 87.6 cm³/mol. The molecule has 0 radical (unpaired) electrons. The minimum absolute atomic E-state index is 0.0476. The van der Waals surface area contributed by atoms with Crippen LogP contribution >= 0.6 is 11.3 Å². The van der Waals surface area contributed by atoms with Gasteiger partial charge < -0.3 is 4.42 Å². The van der Waals surface area contributed by atoms with Crippen LogP contribution in [0.5, 0.6) is 0 Å². The molecule has 8 heteroatoms. The van der Waals surface area contributed by atoms with Crippen molar-refractivity contribution in [3.63, 3.8) is 0 Å². The molecule has 2 aromatic heterocycles. The van der Waals surface area contributed by atoms with E-state index in [-0.39, 0.29) is 17.3 Å². The van der Waals surface area contributed by atoms with Crippen molar-refractivity contribution in [3.8, 4) is 10.8 Å². The third-order valence-corrected chi connectivity index (χ3v) is 5.65. The van der Waals surface area contributed by atoms with Crippen LogP contribution in [0.15, 0.2) is 45.0 Å². The number of nitrogens with zero attached hydrogens (tertiary/aromatic N) is 2. The lowest BCUT2D eigenvalue weighted by molar-refractivity contribution is 0.495. The van der Waals surface area contributed by atoms with Crippen LogP contribution in [-0.4, -0.2) is 18.6 Å².